The van der Waals surface area contributed by atoms with Gasteiger partial charge >= 0.3 is 0 Å². The van der Waals surface area contributed by atoms with Gasteiger partial charge in [-0.05, 0) is 97.7 Å². The summed E-state index contributed by atoms with van der Waals surface area (Å²) in [4.78, 5) is 2.50. The van der Waals surface area contributed by atoms with Crippen molar-refractivity contribution in [2.45, 2.75) is 38.5 Å². The van der Waals surface area contributed by atoms with Crippen molar-refractivity contribution >= 4 is 60.4 Å². The first kappa shape index (κ1) is 33.3. The first-order valence-corrected chi connectivity index (χ1v) is 20.5. The molecule has 0 atom stereocenters. The van der Waals surface area contributed by atoms with Gasteiger partial charge in [0.25, 0.3) is 0 Å². The molecule has 1 aromatic heterocycles. The lowest BCUT2D eigenvalue weighted by Crippen LogP contribution is -2.26. The third-order valence-corrected chi connectivity index (χ3v) is 13.6. The zero-order chi connectivity index (χ0) is 38.9. The molecule has 9 aromatic carbocycles. The molecule has 276 valence electrons. The molecule has 0 saturated carbocycles. The molecule has 0 fully saturated rings. The van der Waals surface area contributed by atoms with Gasteiger partial charge in [-0.3, -0.25) is 0 Å². The van der Waals surface area contributed by atoms with Crippen LogP contribution in [0.3, 0.4) is 0 Å². The average Bonchev–Trinajstić information content (AvgIpc) is 3.71. The molecular weight excluding hydrogens is 701 g/mol. The second-order valence-corrected chi connectivity index (χ2v) is 17.3. The summed E-state index contributed by atoms with van der Waals surface area (Å²) in [7, 11) is 0. The number of anilines is 3. The summed E-state index contributed by atoms with van der Waals surface area (Å²) in [6.07, 6.45) is 0. The Balaban J connectivity index is 1.08. The quantitative estimate of drug-likeness (QED) is 0.174. The van der Waals surface area contributed by atoms with E-state index in [0.29, 0.717) is 0 Å². The van der Waals surface area contributed by atoms with Crippen molar-refractivity contribution in [2.75, 3.05) is 4.90 Å². The SMILES string of the molecule is CC1(C)c2ccccc2-c2ccc(N(c3cccc4ccccc34)c3cccc4c(-c5ccc6c(c5)c5cccc7c5n6-c5ccccc5C7(C)C)cccc34)cc21. The van der Waals surface area contributed by atoms with Gasteiger partial charge in [0.1, 0.15) is 0 Å². The first-order chi connectivity index (χ1) is 28.3. The van der Waals surface area contributed by atoms with E-state index in [4.69, 9.17) is 0 Å². The molecule has 0 bridgehead atoms. The summed E-state index contributed by atoms with van der Waals surface area (Å²) in [6.45, 7) is 9.47. The Bertz CT molecular complexity index is 3350. The van der Waals surface area contributed by atoms with Gasteiger partial charge in [-0.25, -0.2) is 0 Å². The Morgan fingerprint density at radius 2 is 1.00 bits per heavy atom. The van der Waals surface area contributed by atoms with E-state index >= 15 is 0 Å². The maximum atomic E-state index is 2.50. The maximum absolute atomic E-state index is 2.50. The van der Waals surface area contributed by atoms with Crippen LogP contribution in [0.4, 0.5) is 17.1 Å². The van der Waals surface area contributed by atoms with Gasteiger partial charge in [0.05, 0.1) is 28.1 Å². The molecule has 2 aliphatic rings. The molecule has 0 N–H and O–H groups in total. The minimum atomic E-state index is -0.113. The number of para-hydroxylation sites is 2. The molecule has 0 spiro atoms. The van der Waals surface area contributed by atoms with Crippen molar-refractivity contribution in [3.05, 3.63) is 204 Å². The van der Waals surface area contributed by atoms with Crippen molar-refractivity contribution in [1.29, 1.82) is 0 Å². The number of hydrogen-bond donors (Lipinski definition) is 0. The lowest BCUT2D eigenvalue weighted by atomic mass is 9.75. The van der Waals surface area contributed by atoms with Crippen molar-refractivity contribution < 1.29 is 0 Å². The van der Waals surface area contributed by atoms with Crippen LogP contribution in [0.15, 0.2) is 182 Å². The third kappa shape index (κ3) is 4.43. The highest BCUT2D eigenvalue weighted by molar-refractivity contribution is 6.14. The fraction of sp³-hybridized carbons (Fsp3) is 0.107. The lowest BCUT2D eigenvalue weighted by Gasteiger charge is -2.34. The van der Waals surface area contributed by atoms with E-state index in [1.54, 1.807) is 0 Å². The number of hydrogen-bond acceptors (Lipinski definition) is 1. The molecule has 0 radical (unpaired) electrons. The minimum absolute atomic E-state index is 0.0934. The molecule has 2 heteroatoms. The molecule has 0 unspecified atom stereocenters. The van der Waals surface area contributed by atoms with E-state index in [1.807, 2.05) is 0 Å². The van der Waals surface area contributed by atoms with Gasteiger partial charge in [0.15, 0.2) is 0 Å². The van der Waals surface area contributed by atoms with E-state index in [-0.39, 0.29) is 10.8 Å². The number of aromatic nitrogens is 1. The Morgan fingerprint density at radius 1 is 0.397 bits per heavy atom. The minimum Gasteiger partial charge on any atom is -0.309 e. The zero-order valence-electron chi connectivity index (χ0n) is 33.2. The zero-order valence-corrected chi connectivity index (χ0v) is 33.2. The largest absolute Gasteiger partial charge is 0.309 e. The van der Waals surface area contributed by atoms with Crippen molar-refractivity contribution in [1.82, 2.24) is 4.57 Å². The Kier molecular flexibility index (Phi) is 6.78. The van der Waals surface area contributed by atoms with Crippen LogP contribution in [-0.2, 0) is 10.8 Å². The summed E-state index contributed by atoms with van der Waals surface area (Å²) in [6, 6.07) is 68.1. The van der Waals surface area contributed by atoms with Crippen LogP contribution >= 0.6 is 0 Å². The normalized spacial score (nSPS) is 14.5. The van der Waals surface area contributed by atoms with Crippen LogP contribution in [0.25, 0.3) is 71.3 Å². The van der Waals surface area contributed by atoms with Crippen LogP contribution in [0.5, 0.6) is 0 Å². The number of nitrogens with zero attached hydrogens (tertiary/aromatic N) is 2. The van der Waals surface area contributed by atoms with Crippen LogP contribution in [0.1, 0.15) is 49.9 Å². The number of fused-ring (bicyclic) bond motifs is 10. The topological polar surface area (TPSA) is 8.17 Å². The molecule has 0 saturated heterocycles. The Hall–Kier alpha value is -6.90. The number of rotatable bonds is 4. The molecule has 12 rings (SSSR count). The smallest absolute Gasteiger partial charge is 0.0582 e. The van der Waals surface area contributed by atoms with Gasteiger partial charge < -0.3 is 9.47 Å². The van der Waals surface area contributed by atoms with Gasteiger partial charge in [-0.15, -0.1) is 0 Å². The molecular formula is C56H42N2. The predicted molar refractivity (Wildman–Crippen MR) is 246 cm³/mol. The highest BCUT2D eigenvalue weighted by Gasteiger charge is 2.37. The number of benzene rings is 9. The average molecular weight is 743 g/mol. The lowest BCUT2D eigenvalue weighted by molar-refractivity contribution is 0.630. The molecule has 58 heavy (non-hydrogen) atoms. The van der Waals surface area contributed by atoms with Gasteiger partial charge in [-0.1, -0.05) is 167 Å². The monoisotopic (exact) mass is 742 g/mol. The summed E-state index contributed by atoms with van der Waals surface area (Å²) in [5, 5.41) is 7.50. The molecule has 10 aromatic rings. The van der Waals surface area contributed by atoms with Crippen LogP contribution < -0.4 is 4.90 Å². The molecule has 2 nitrogen and oxygen atoms in total. The second-order valence-electron chi connectivity index (χ2n) is 17.3. The van der Waals surface area contributed by atoms with Gasteiger partial charge in [0.2, 0.25) is 0 Å². The van der Waals surface area contributed by atoms with E-state index in [1.165, 1.54) is 99.2 Å². The van der Waals surface area contributed by atoms with E-state index in [9.17, 15) is 0 Å². The third-order valence-electron chi connectivity index (χ3n) is 13.6. The second kappa shape index (κ2) is 11.8. The highest BCUT2D eigenvalue weighted by atomic mass is 15.1. The Labute approximate surface area is 339 Å². The molecule has 0 amide bonds. The van der Waals surface area contributed by atoms with Crippen LogP contribution in [0, 0.1) is 0 Å². The first-order valence-electron chi connectivity index (χ1n) is 20.5. The summed E-state index contributed by atoms with van der Waals surface area (Å²) in [5.41, 5.74) is 17.8. The fourth-order valence-electron chi connectivity index (χ4n) is 10.7. The fourth-order valence-corrected chi connectivity index (χ4v) is 10.7. The molecule has 1 aliphatic heterocycles. The molecule has 1 aliphatic carbocycles. The van der Waals surface area contributed by atoms with E-state index in [2.05, 4.69) is 219 Å². The van der Waals surface area contributed by atoms with Gasteiger partial charge in [0, 0.05) is 38.1 Å². The van der Waals surface area contributed by atoms with Crippen molar-refractivity contribution in [3.8, 4) is 27.9 Å². The highest BCUT2D eigenvalue weighted by Crippen LogP contribution is 2.52. The summed E-state index contributed by atoms with van der Waals surface area (Å²) >= 11 is 0. The predicted octanol–water partition coefficient (Wildman–Crippen LogP) is 15.2. The Morgan fingerprint density at radius 3 is 1.90 bits per heavy atom. The molecule has 2 heterocycles. The van der Waals surface area contributed by atoms with Crippen LogP contribution in [-0.4, -0.2) is 4.57 Å². The summed E-state index contributed by atoms with van der Waals surface area (Å²) < 4.78 is 2.50. The summed E-state index contributed by atoms with van der Waals surface area (Å²) in [5.74, 6) is 0. The van der Waals surface area contributed by atoms with E-state index in [0.717, 1.165) is 11.4 Å². The van der Waals surface area contributed by atoms with Crippen LogP contribution in [0.2, 0.25) is 0 Å². The van der Waals surface area contributed by atoms with Crippen molar-refractivity contribution in [2.24, 2.45) is 0 Å². The van der Waals surface area contributed by atoms with E-state index < -0.39 is 0 Å². The van der Waals surface area contributed by atoms with Crippen molar-refractivity contribution in [3.63, 3.8) is 0 Å². The standard InChI is InChI=1S/C56H42N2/c1-55(2)46-23-8-7-18-41(46)42-31-30-37(34-49(42)55)57(50-27-11-16-35-15-5-6-17-39(35)50)51-28-14-20-40-38(19-12-21-43(40)51)36-29-32-52-45(33-36)44-22-13-25-48-54(44)58(52)53-26-10-9-24-47(53)56(48,3)4/h5-34H,1-4H3. The maximum Gasteiger partial charge on any atom is 0.0582 e. The van der Waals surface area contributed by atoms with Gasteiger partial charge in [-0.2, -0.15) is 0 Å².